The van der Waals surface area contributed by atoms with Crippen LogP contribution in [0, 0.1) is 13.7 Å². The van der Waals surface area contributed by atoms with Gasteiger partial charge in [-0.3, -0.25) is 4.79 Å². The van der Waals surface area contributed by atoms with Crippen molar-refractivity contribution >= 4 is 34.7 Å². The van der Waals surface area contributed by atoms with Crippen LogP contribution in [-0.4, -0.2) is 16.2 Å². The van der Waals surface area contributed by atoms with Crippen LogP contribution in [0.4, 0.5) is 14.6 Å². The van der Waals surface area contributed by atoms with E-state index in [1.165, 1.54) is 0 Å². The first-order valence-electron chi connectivity index (χ1n) is 3.55. The highest BCUT2D eigenvalue weighted by atomic mass is 127. The highest BCUT2D eigenvalue weighted by molar-refractivity contribution is 14.1. The van der Waals surface area contributed by atoms with Crippen LogP contribution in [0.3, 0.4) is 0 Å². The van der Waals surface area contributed by atoms with Crippen LogP contribution < -0.4 is 0 Å². The highest BCUT2D eigenvalue weighted by Crippen LogP contribution is 2.30. The molecule has 0 aromatic carbocycles. The van der Waals surface area contributed by atoms with Gasteiger partial charge in [0.2, 0.25) is 0 Å². The van der Waals surface area contributed by atoms with Crippen LogP contribution in [0.1, 0.15) is 22.3 Å². The predicted octanol–water partition coefficient (Wildman–Crippen LogP) is 2.34. The van der Waals surface area contributed by atoms with Gasteiger partial charge in [0.15, 0.2) is 12.5 Å². The van der Waals surface area contributed by atoms with Crippen molar-refractivity contribution in [3.05, 3.63) is 31.0 Å². The fourth-order valence-electron chi connectivity index (χ4n) is 0.989. The third-order valence-electron chi connectivity index (χ3n) is 1.60. The number of alkyl halides is 2. The first kappa shape index (κ1) is 11.9. The average Bonchev–Trinajstić information content (AvgIpc) is 2.15. The maximum atomic E-state index is 12.5. The molecule has 8 heteroatoms. The molecule has 0 aliphatic carbocycles. The monoisotopic (exact) mass is 328 g/mol. The molecule has 0 spiro atoms. The third-order valence-corrected chi connectivity index (χ3v) is 2.46. The van der Waals surface area contributed by atoms with Crippen molar-refractivity contribution in [3.63, 3.8) is 0 Å². The molecule has 0 aliphatic heterocycles. The van der Waals surface area contributed by atoms with E-state index in [0.29, 0.717) is 0 Å². The molecule has 0 aliphatic rings. The van der Waals surface area contributed by atoms with Gasteiger partial charge >= 0.3 is 5.82 Å². The van der Waals surface area contributed by atoms with Crippen LogP contribution in [-0.2, 0) is 0 Å². The number of aldehydes is 1. The van der Waals surface area contributed by atoms with E-state index in [1.54, 1.807) is 22.6 Å². The van der Waals surface area contributed by atoms with Crippen molar-refractivity contribution in [2.45, 2.75) is 6.43 Å². The second-order valence-corrected chi connectivity index (χ2v) is 3.59. The van der Waals surface area contributed by atoms with Crippen molar-refractivity contribution in [1.82, 2.24) is 4.98 Å². The standard InChI is InChI=1S/C7H3F2IN2O3/c8-6(9)5-3(2-13)7(12(14)15)11-1-4(5)10/h1-2,6H. The summed E-state index contributed by atoms with van der Waals surface area (Å²) in [7, 11) is 0. The van der Waals surface area contributed by atoms with Crippen molar-refractivity contribution < 1.29 is 18.5 Å². The molecule has 0 radical (unpaired) electrons. The molecule has 0 unspecified atom stereocenters. The largest absolute Gasteiger partial charge is 0.374 e. The molecule has 1 aromatic rings. The number of halogens is 3. The Bertz CT molecular complexity index is 425. The second-order valence-electron chi connectivity index (χ2n) is 2.43. The third kappa shape index (κ3) is 2.25. The second kappa shape index (κ2) is 4.55. The summed E-state index contributed by atoms with van der Waals surface area (Å²) >= 11 is 1.54. The number of nitro groups is 1. The molecule has 5 nitrogen and oxygen atoms in total. The molecule has 0 N–H and O–H groups in total. The maximum Gasteiger partial charge on any atom is 0.374 e. The molecule has 0 saturated carbocycles. The Hall–Kier alpha value is -1.19. The van der Waals surface area contributed by atoms with E-state index in [2.05, 4.69) is 4.98 Å². The molecule has 0 fully saturated rings. The molecule has 1 rings (SSSR count). The lowest BCUT2D eigenvalue weighted by Crippen LogP contribution is -2.05. The van der Waals surface area contributed by atoms with Gasteiger partial charge in [0.05, 0.1) is 9.13 Å². The van der Waals surface area contributed by atoms with Crippen LogP contribution in [0.15, 0.2) is 6.20 Å². The quantitative estimate of drug-likeness (QED) is 0.369. The summed E-state index contributed by atoms with van der Waals surface area (Å²) in [5.41, 5.74) is -1.31. The van der Waals surface area contributed by atoms with Crippen LogP contribution >= 0.6 is 22.6 Å². The summed E-state index contributed by atoms with van der Waals surface area (Å²) < 4.78 is 25.0. The van der Waals surface area contributed by atoms with E-state index in [4.69, 9.17) is 0 Å². The number of nitrogens with zero attached hydrogens (tertiary/aromatic N) is 2. The fourth-order valence-corrected chi connectivity index (χ4v) is 1.65. The van der Waals surface area contributed by atoms with Crippen LogP contribution in [0.2, 0.25) is 0 Å². The fraction of sp³-hybridized carbons (Fsp3) is 0.143. The Morgan fingerprint density at radius 2 is 2.20 bits per heavy atom. The van der Waals surface area contributed by atoms with Gasteiger partial charge < -0.3 is 10.1 Å². The molecule has 1 heterocycles. The topological polar surface area (TPSA) is 73.1 Å². The Morgan fingerprint density at radius 3 is 2.60 bits per heavy atom. The summed E-state index contributed by atoms with van der Waals surface area (Å²) in [5, 5.41) is 10.4. The summed E-state index contributed by atoms with van der Waals surface area (Å²) in [6.07, 6.45) is -1.99. The normalized spacial score (nSPS) is 10.4. The van der Waals surface area contributed by atoms with E-state index in [0.717, 1.165) is 6.20 Å². The lowest BCUT2D eigenvalue weighted by molar-refractivity contribution is -0.389. The summed E-state index contributed by atoms with van der Waals surface area (Å²) in [4.78, 5) is 23.3. The predicted molar refractivity (Wildman–Crippen MR) is 54.0 cm³/mol. The van der Waals surface area contributed by atoms with Gasteiger partial charge in [-0.25, -0.2) is 8.78 Å². The van der Waals surface area contributed by atoms with Crippen LogP contribution in [0.5, 0.6) is 0 Å². The molecule has 15 heavy (non-hydrogen) atoms. The summed E-state index contributed by atoms with van der Waals surface area (Å²) in [5.74, 6) is -0.847. The van der Waals surface area contributed by atoms with E-state index in [-0.39, 0.29) is 9.86 Å². The average molecular weight is 328 g/mol. The minimum absolute atomic E-state index is 0.0226. The van der Waals surface area contributed by atoms with Crippen molar-refractivity contribution in [3.8, 4) is 0 Å². The van der Waals surface area contributed by atoms with Gasteiger partial charge in [-0.15, -0.1) is 0 Å². The lowest BCUT2D eigenvalue weighted by atomic mass is 10.1. The first-order valence-corrected chi connectivity index (χ1v) is 4.63. The molecule has 0 bridgehead atoms. The molecular weight excluding hydrogens is 325 g/mol. The van der Waals surface area contributed by atoms with Crippen molar-refractivity contribution in [2.75, 3.05) is 0 Å². The lowest BCUT2D eigenvalue weighted by Gasteiger charge is -2.04. The van der Waals surface area contributed by atoms with Gasteiger partial charge in [0.25, 0.3) is 6.43 Å². The Kier molecular flexibility index (Phi) is 3.61. The zero-order valence-corrected chi connectivity index (χ0v) is 9.14. The number of rotatable bonds is 3. The van der Waals surface area contributed by atoms with Gasteiger partial charge in [-0.1, -0.05) is 0 Å². The number of hydrogen-bond acceptors (Lipinski definition) is 4. The summed E-state index contributed by atoms with van der Waals surface area (Å²) in [6, 6.07) is 0. The van der Waals surface area contributed by atoms with Crippen LogP contribution in [0.25, 0.3) is 0 Å². The Morgan fingerprint density at radius 1 is 1.60 bits per heavy atom. The number of carbonyl (C=O) groups excluding carboxylic acids is 1. The number of pyridine rings is 1. The van der Waals surface area contributed by atoms with Crippen molar-refractivity contribution in [1.29, 1.82) is 0 Å². The van der Waals surface area contributed by atoms with Gasteiger partial charge in [-0.05, 0) is 32.5 Å². The SMILES string of the molecule is O=Cc1c([N+](=O)[O-])ncc(I)c1C(F)F. The number of carbonyl (C=O) groups is 1. The molecule has 80 valence electrons. The molecule has 0 atom stereocenters. The Labute approximate surface area is 95.8 Å². The zero-order chi connectivity index (χ0) is 11.6. The zero-order valence-electron chi connectivity index (χ0n) is 6.99. The molecule has 1 aromatic heterocycles. The van der Waals surface area contributed by atoms with E-state index in [9.17, 15) is 23.7 Å². The Balaban J connectivity index is 3.54. The van der Waals surface area contributed by atoms with Crippen molar-refractivity contribution in [2.24, 2.45) is 0 Å². The smallest absolute Gasteiger partial charge is 0.358 e. The van der Waals surface area contributed by atoms with E-state index in [1.807, 2.05) is 0 Å². The minimum Gasteiger partial charge on any atom is -0.358 e. The van der Waals surface area contributed by atoms with Gasteiger partial charge in [-0.2, -0.15) is 0 Å². The van der Waals surface area contributed by atoms with Gasteiger partial charge in [0, 0.05) is 0 Å². The number of aromatic nitrogens is 1. The molecular formula is C7H3F2IN2O3. The van der Waals surface area contributed by atoms with E-state index < -0.39 is 28.3 Å². The molecule has 0 amide bonds. The molecule has 0 saturated heterocycles. The van der Waals surface area contributed by atoms with Gasteiger partial charge in [0.1, 0.15) is 5.56 Å². The summed E-state index contributed by atoms with van der Waals surface area (Å²) in [6.45, 7) is 0. The maximum absolute atomic E-state index is 12.5. The number of hydrogen-bond donors (Lipinski definition) is 0. The minimum atomic E-state index is -2.95. The first-order chi connectivity index (χ1) is 6.99. The van der Waals surface area contributed by atoms with E-state index >= 15 is 0 Å². The highest BCUT2D eigenvalue weighted by Gasteiger charge is 2.26.